The van der Waals surface area contributed by atoms with Gasteiger partial charge in [0, 0.05) is 6.42 Å². The van der Waals surface area contributed by atoms with Crippen LogP contribution < -0.4 is 16.6 Å². The van der Waals surface area contributed by atoms with Gasteiger partial charge < -0.3 is 5.73 Å². The highest BCUT2D eigenvalue weighted by Gasteiger charge is 2.08. The van der Waals surface area contributed by atoms with E-state index >= 15 is 0 Å². The number of amides is 3. The van der Waals surface area contributed by atoms with E-state index in [9.17, 15) is 14.4 Å². The van der Waals surface area contributed by atoms with Gasteiger partial charge in [0.15, 0.2) is 0 Å². The first-order chi connectivity index (χ1) is 9.08. The molecule has 0 radical (unpaired) electrons. The van der Waals surface area contributed by atoms with Gasteiger partial charge in [0.25, 0.3) is 5.56 Å². The summed E-state index contributed by atoms with van der Waals surface area (Å²) in [5, 5.41) is 9.92. The van der Waals surface area contributed by atoms with Crippen molar-refractivity contribution in [3.63, 3.8) is 0 Å². The summed E-state index contributed by atoms with van der Waals surface area (Å²) in [5.74, 6) is -0.575. The minimum absolute atomic E-state index is 0.0236. The lowest BCUT2D eigenvalue weighted by molar-refractivity contribution is -0.120. The summed E-state index contributed by atoms with van der Waals surface area (Å²) in [5.41, 5.74) is 4.95. The Bertz CT molecular complexity index is 694. The summed E-state index contributed by atoms with van der Waals surface area (Å²) >= 11 is 0. The summed E-state index contributed by atoms with van der Waals surface area (Å²) in [4.78, 5) is 33.7. The number of carbonyl (C=O) groups is 2. The van der Waals surface area contributed by atoms with Crippen molar-refractivity contribution in [2.45, 2.75) is 13.0 Å². The van der Waals surface area contributed by atoms with E-state index in [4.69, 9.17) is 5.73 Å². The molecule has 0 bridgehead atoms. The van der Waals surface area contributed by atoms with Crippen molar-refractivity contribution >= 4 is 22.8 Å². The average molecular weight is 261 g/mol. The zero-order chi connectivity index (χ0) is 13.8. The number of rotatable bonds is 3. The largest absolute Gasteiger partial charge is 0.351 e. The molecule has 0 aliphatic carbocycles. The van der Waals surface area contributed by atoms with Gasteiger partial charge in [0.2, 0.25) is 5.91 Å². The minimum Gasteiger partial charge on any atom is -0.351 e. The lowest BCUT2D eigenvalue weighted by Crippen LogP contribution is -2.36. The summed E-state index contributed by atoms with van der Waals surface area (Å²) in [7, 11) is 0. The highest BCUT2D eigenvalue weighted by Crippen LogP contribution is 2.03. The van der Waals surface area contributed by atoms with Gasteiger partial charge in [0.1, 0.15) is 5.52 Å². The maximum absolute atomic E-state index is 12.0. The van der Waals surface area contributed by atoms with Gasteiger partial charge in [-0.25, -0.2) is 9.48 Å². The van der Waals surface area contributed by atoms with Crippen molar-refractivity contribution in [1.82, 2.24) is 20.3 Å². The number of aromatic nitrogens is 3. The van der Waals surface area contributed by atoms with Crippen LogP contribution in [0.25, 0.3) is 10.9 Å². The Kier molecular flexibility index (Phi) is 3.51. The molecule has 19 heavy (non-hydrogen) atoms. The van der Waals surface area contributed by atoms with Gasteiger partial charge in [-0.05, 0) is 12.1 Å². The van der Waals surface area contributed by atoms with Crippen LogP contribution in [0.2, 0.25) is 0 Å². The van der Waals surface area contributed by atoms with Gasteiger partial charge in [-0.2, -0.15) is 0 Å². The molecule has 0 aliphatic heterocycles. The van der Waals surface area contributed by atoms with Crippen molar-refractivity contribution in [2.24, 2.45) is 5.73 Å². The first-order valence-corrected chi connectivity index (χ1v) is 5.50. The molecule has 1 aromatic carbocycles. The zero-order valence-corrected chi connectivity index (χ0v) is 9.87. The number of nitrogens with two attached hydrogens (primary N) is 1. The van der Waals surface area contributed by atoms with Crippen molar-refractivity contribution in [3.05, 3.63) is 34.6 Å². The molecule has 8 nitrogen and oxygen atoms in total. The van der Waals surface area contributed by atoms with E-state index in [1.807, 2.05) is 5.32 Å². The van der Waals surface area contributed by atoms with Gasteiger partial charge in [-0.3, -0.25) is 14.9 Å². The molecule has 98 valence electrons. The van der Waals surface area contributed by atoms with Crippen LogP contribution in [-0.2, 0) is 11.3 Å². The predicted molar refractivity (Wildman–Crippen MR) is 66.1 cm³/mol. The molecule has 1 heterocycles. The third kappa shape index (κ3) is 2.92. The second-order valence-corrected chi connectivity index (χ2v) is 3.80. The summed E-state index contributed by atoms with van der Waals surface area (Å²) < 4.78 is 1.07. The van der Waals surface area contributed by atoms with Crippen LogP contribution in [0.15, 0.2) is 29.1 Å². The highest BCUT2D eigenvalue weighted by molar-refractivity contribution is 5.93. The molecule has 2 rings (SSSR count). The molecule has 0 spiro atoms. The molecular weight excluding hydrogens is 250 g/mol. The monoisotopic (exact) mass is 261 g/mol. The molecule has 2 aromatic rings. The fraction of sp³-hybridized carbons (Fsp3) is 0.182. The quantitative estimate of drug-likeness (QED) is 0.762. The van der Waals surface area contributed by atoms with E-state index in [0.29, 0.717) is 10.9 Å². The van der Waals surface area contributed by atoms with E-state index in [1.165, 1.54) is 0 Å². The normalized spacial score (nSPS) is 10.3. The second-order valence-electron chi connectivity index (χ2n) is 3.80. The van der Waals surface area contributed by atoms with Crippen LogP contribution >= 0.6 is 0 Å². The van der Waals surface area contributed by atoms with Crippen LogP contribution in [0, 0.1) is 0 Å². The number of benzene rings is 1. The summed E-state index contributed by atoms with van der Waals surface area (Å²) in [6, 6.07) is 5.85. The Morgan fingerprint density at radius 1 is 1.32 bits per heavy atom. The Labute approximate surface area is 107 Å². The van der Waals surface area contributed by atoms with Crippen molar-refractivity contribution in [2.75, 3.05) is 0 Å². The third-order valence-corrected chi connectivity index (χ3v) is 2.44. The standard InChI is InChI=1S/C11H11N5O3/c12-11(19)13-9(17)5-6-16-10(18)7-3-1-2-4-8(7)14-15-16/h1-4H,5-6H2,(H3,12,13,17,19). The van der Waals surface area contributed by atoms with Gasteiger partial charge in [-0.15, -0.1) is 5.10 Å². The molecule has 0 unspecified atom stereocenters. The number of hydrogen-bond acceptors (Lipinski definition) is 5. The second kappa shape index (κ2) is 5.25. The van der Waals surface area contributed by atoms with Crippen molar-refractivity contribution in [3.8, 4) is 0 Å². The maximum atomic E-state index is 12.0. The maximum Gasteiger partial charge on any atom is 0.318 e. The first-order valence-electron chi connectivity index (χ1n) is 5.50. The van der Waals surface area contributed by atoms with Gasteiger partial charge in [-0.1, -0.05) is 17.3 Å². The van der Waals surface area contributed by atoms with Crippen LogP contribution in [0.3, 0.4) is 0 Å². The minimum atomic E-state index is -0.929. The fourth-order valence-electron chi connectivity index (χ4n) is 1.58. The Morgan fingerprint density at radius 3 is 2.79 bits per heavy atom. The van der Waals surface area contributed by atoms with Gasteiger partial charge in [0.05, 0.1) is 11.9 Å². The number of carbonyl (C=O) groups excluding carboxylic acids is 2. The SMILES string of the molecule is NC(=O)NC(=O)CCn1nnc2ccccc2c1=O. The van der Waals surface area contributed by atoms with Crippen molar-refractivity contribution in [1.29, 1.82) is 0 Å². The topological polar surface area (TPSA) is 120 Å². The lowest BCUT2D eigenvalue weighted by atomic mass is 10.2. The summed E-state index contributed by atoms with van der Waals surface area (Å²) in [6.07, 6.45) is -0.0874. The molecule has 1 aromatic heterocycles. The number of primary amides is 1. The van der Waals surface area contributed by atoms with Gasteiger partial charge >= 0.3 is 6.03 Å². The molecule has 8 heteroatoms. The third-order valence-electron chi connectivity index (χ3n) is 2.44. The predicted octanol–water partition coefficient (Wildman–Crippen LogP) is -0.624. The lowest BCUT2D eigenvalue weighted by Gasteiger charge is -2.04. The average Bonchev–Trinajstić information content (AvgIpc) is 2.37. The van der Waals surface area contributed by atoms with E-state index < -0.39 is 11.9 Å². The Hall–Kier alpha value is -2.77. The van der Waals surface area contributed by atoms with E-state index in [1.54, 1.807) is 24.3 Å². The number of hydrogen-bond donors (Lipinski definition) is 2. The molecule has 0 saturated carbocycles. The number of aryl methyl sites for hydroxylation is 1. The fourth-order valence-corrected chi connectivity index (χ4v) is 1.58. The zero-order valence-electron chi connectivity index (χ0n) is 9.87. The smallest absolute Gasteiger partial charge is 0.318 e. The van der Waals surface area contributed by atoms with Crippen LogP contribution in [0.5, 0.6) is 0 Å². The molecule has 0 saturated heterocycles. The van der Waals surface area contributed by atoms with E-state index in [-0.39, 0.29) is 18.5 Å². The molecule has 0 atom stereocenters. The molecule has 0 aliphatic rings. The van der Waals surface area contributed by atoms with E-state index in [2.05, 4.69) is 10.3 Å². The van der Waals surface area contributed by atoms with Crippen LogP contribution in [0.1, 0.15) is 6.42 Å². The van der Waals surface area contributed by atoms with Crippen LogP contribution in [0.4, 0.5) is 4.79 Å². The number of fused-ring (bicyclic) bond motifs is 1. The number of nitrogens with one attached hydrogen (secondary N) is 1. The Morgan fingerprint density at radius 2 is 2.05 bits per heavy atom. The van der Waals surface area contributed by atoms with Crippen molar-refractivity contribution < 1.29 is 9.59 Å². The number of urea groups is 1. The van der Waals surface area contributed by atoms with Crippen LogP contribution in [-0.4, -0.2) is 26.9 Å². The Balaban J connectivity index is 2.18. The highest BCUT2D eigenvalue weighted by atomic mass is 16.2. The summed E-state index contributed by atoms with van der Waals surface area (Å²) in [6.45, 7) is 0.0236. The molecule has 3 N–H and O–H groups in total. The first kappa shape index (κ1) is 12.7. The molecule has 0 fully saturated rings. The number of imide groups is 1. The molecule has 3 amide bonds. The molecular formula is C11H11N5O3. The number of nitrogens with zero attached hydrogens (tertiary/aromatic N) is 3. The van der Waals surface area contributed by atoms with E-state index in [0.717, 1.165) is 4.68 Å².